The molecule has 4 rings (SSSR count). The van der Waals surface area contributed by atoms with Gasteiger partial charge in [0.1, 0.15) is 42.3 Å². The molecule has 2 aromatic heterocycles. The van der Waals surface area contributed by atoms with E-state index in [0.717, 1.165) is 16.5 Å². The molecule has 0 aliphatic rings. The first-order valence-electron chi connectivity index (χ1n) is 24.7. The van der Waals surface area contributed by atoms with E-state index < -0.39 is 120 Å². The average Bonchev–Trinajstić information content (AvgIpc) is 4.04. The van der Waals surface area contributed by atoms with Gasteiger partial charge in [-0.2, -0.15) is 12.6 Å². The van der Waals surface area contributed by atoms with E-state index in [-0.39, 0.29) is 37.4 Å². The second-order valence-electron chi connectivity index (χ2n) is 18.9. The number of aromatic amines is 2. The number of nitrogens with two attached hydrogens (primary N) is 1. The van der Waals surface area contributed by atoms with Gasteiger partial charge < -0.3 is 63.1 Å². The number of thiol groups is 1. The summed E-state index contributed by atoms with van der Waals surface area (Å²) in [6.45, 7) is 10.4. The van der Waals surface area contributed by atoms with Crippen molar-refractivity contribution in [2.24, 2.45) is 23.5 Å². The lowest BCUT2D eigenvalue weighted by Gasteiger charge is -2.31. The molecule has 0 spiro atoms. The summed E-state index contributed by atoms with van der Waals surface area (Å²) in [7, 11) is 0. The van der Waals surface area contributed by atoms with Crippen LogP contribution in [0.3, 0.4) is 0 Å². The zero-order valence-electron chi connectivity index (χ0n) is 42.5. The van der Waals surface area contributed by atoms with Crippen molar-refractivity contribution >= 4 is 76.8 Å². The molecule has 0 aliphatic heterocycles. The van der Waals surface area contributed by atoms with Crippen LogP contribution in [0.1, 0.15) is 84.0 Å². The smallest absolute Gasteiger partial charge is 0.326 e. The Morgan fingerprint density at radius 2 is 1.14 bits per heavy atom. The molecule has 402 valence electrons. The number of carbonyl (C=O) groups is 9. The molecule has 10 atom stereocenters. The van der Waals surface area contributed by atoms with E-state index in [1.807, 2.05) is 24.3 Å². The summed E-state index contributed by atoms with van der Waals surface area (Å²) in [6, 6.07) is 5.52. The summed E-state index contributed by atoms with van der Waals surface area (Å²) < 4.78 is 0. The zero-order valence-corrected chi connectivity index (χ0v) is 43.4. The van der Waals surface area contributed by atoms with E-state index in [0.29, 0.717) is 24.1 Å². The predicted octanol–water partition coefficient (Wildman–Crippen LogP) is 1.27. The molecule has 0 saturated carbocycles. The van der Waals surface area contributed by atoms with Gasteiger partial charge in [-0.25, -0.2) is 9.78 Å². The largest absolute Gasteiger partial charge is 0.481 e. The van der Waals surface area contributed by atoms with Gasteiger partial charge in [-0.15, -0.1) is 0 Å². The van der Waals surface area contributed by atoms with Crippen molar-refractivity contribution < 1.29 is 53.4 Å². The topological polar surface area (TPSA) is 349 Å². The van der Waals surface area contributed by atoms with Crippen molar-refractivity contribution in [1.29, 1.82) is 0 Å². The van der Waals surface area contributed by atoms with Gasteiger partial charge in [0.15, 0.2) is 0 Å². The number of carbonyl (C=O) groups excluding carboxylic acids is 7. The molecule has 0 fully saturated rings. The lowest BCUT2D eigenvalue weighted by molar-refractivity contribution is -0.142. The third-order valence-electron chi connectivity index (χ3n) is 12.7. The lowest BCUT2D eigenvalue weighted by atomic mass is 9.94. The number of carboxylic acids is 2. The highest BCUT2D eigenvalue weighted by molar-refractivity contribution is 7.80. The molecule has 0 unspecified atom stereocenters. The minimum absolute atomic E-state index is 0.0141. The second-order valence-corrected chi connectivity index (χ2v) is 19.3. The highest BCUT2D eigenvalue weighted by Crippen LogP contribution is 2.20. The standard InChI is InChI=1S/C51H71N11O11S/c1-7-28(5)42(49(70)59-39(51(72)73)20-31-23-54-35-17-13-12-16-33(31)35)62-50(71)43(29(6)8-2)61-47(68)38(22-41(63)64)58-45(66)36(18-27(3)4)56-46(67)37(21-32-24-53-26-55-32)57-48(69)40(25-74)60-44(65)34(52)19-30-14-10-9-11-15-30/h9-17,23-24,26-29,34,36-40,42-43,54,74H,7-8,18-22,25,52H2,1-6H3,(H,53,55)(H,56,67)(H,57,69)(H,58,66)(H,59,70)(H,60,65)(H,61,68)(H,62,71)(H,63,64)(H,72,73)/t28-,29-,34-,36-,37-,38-,39-,40-,42-,43-/m0/s1. The number of hydrogen-bond donors (Lipinski definition) is 13. The van der Waals surface area contributed by atoms with Crippen LogP contribution < -0.4 is 43.0 Å². The summed E-state index contributed by atoms with van der Waals surface area (Å²) >= 11 is 4.25. The van der Waals surface area contributed by atoms with E-state index in [1.165, 1.54) is 12.5 Å². The number of aromatic nitrogens is 3. The predicted molar refractivity (Wildman–Crippen MR) is 278 cm³/mol. The zero-order chi connectivity index (χ0) is 54.6. The van der Waals surface area contributed by atoms with Crippen LogP contribution in [-0.4, -0.2) is 133 Å². The Kier molecular flexibility index (Phi) is 23.1. The average molecular weight is 1050 g/mol. The van der Waals surface area contributed by atoms with E-state index in [4.69, 9.17) is 5.73 Å². The van der Waals surface area contributed by atoms with Crippen LogP contribution >= 0.6 is 12.6 Å². The molecule has 23 heteroatoms. The number of imidazole rings is 1. The number of hydrogen-bond acceptors (Lipinski definition) is 12. The quantitative estimate of drug-likeness (QED) is 0.0328. The van der Waals surface area contributed by atoms with Crippen molar-refractivity contribution in [3.8, 4) is 0 Å². The number of aliphatic carboxylic acids is 2. The molecule has 74 heavy (non-hydrogen) atoms. The minimum Gasteiger partial charge on any atom is -0.481 e. The Labute approximate surface area is 435 Å². The van der Waals surface area contributed by atoms with Crippen molar-refractivity contribution in [1.82, 2.24) is 52.2 Å². The molecule has 0 bridgehead atoms. The fraction of sp³-hybridized carbons (Fsp3) is 0.490. The van der Waals surface area contributed by atoms with Gasteiger partial charge in [0.25, 0.3) is 0 Å². The van der Waals surface area contributed by atoms with Crippen LogP contribution in [0.5, 0.6) is 0 Å². The van der Waals surface area contributed by atoms with Gasteiger partial charge >= 0.3 is 11.9 Å². The van der Waals surface area contributed by atoms with E-state index in [9.17, 15) is 53.4 Å². The number of para-hydroxylation sites is 1. The number of benzene rings is 2. The first kappa shape index (κ1) is 59.3. The van der Waals surface area contributed by atoms with Crippen molar-refractivity contribution in [2.75, 3.05) is 5.75 Å². The Bertz CT molecular complexity index is 2540. The normalized spacial score (nSPS) is 15.4. The molecule has 7 amide bonds. The fourth-order valence-electron chi connectivity index (χ4n) is 8.05. The number of rotatable bonds is 30. The number of H-pyrrole nitrogens is 2. The molecular formula is C51H71N11O11S. The Hall–Kier alpha value is -7.27. The molecule has 4 aromatic rings. The molecule has 13 N–H and O–H groups in total. The van der Waals surface area contributed by atoms with Crippen LogP contribution in [0.2, 0.25) is 0 Å². The molecule has 0 radical (unpaired) electrons. The maximum atomic E-state index is 14.2. The molecular weight excluding hydrogens is 975 g/mol. The number of carboxylic acid groups (broad SMARTS) is 2. The number of amides is 7. The number of nitrogens with one attached hydrogen (secondary N) is 9. The Morgan fingerprint density at radius 1 is 0.608 bits per heavy atom. The molecule has 22 nitrogen and oxygen atoms in total. The van der Waals surface area contributed by atoms with Gasteiger partial charge in [-0.1, -0.05) is 103 Å². The number of nitrogens with zero attached hydrogens (tertiary/aromatic N) is 1. The summed E-state index contributed by atoms with van der Waals surface area (Å²) in [5.41, 5.74) is 8.81. The van der Waals surface area contributed by atoms with Crippen LogP contribution in [0.25, 0.3) is 10.9 Å². The molecule has 0 saturated heterocycles. The minimum atomic E-state index is -1.78. The summed E-state index contributed by atoms with van der Waals surface area (Å²) in [5.74, 6) is -10.2. The first-order chi connectivity index (χ1) is 35.1. The van der Waals surface area contributed by atoms with Gasteiger partial charge in [-0.05, 0) is 47.8 Å². The van der Waals surface area contributed by atoms with Crippen LogP contribution in [0.4, 0.5) is 0 Å². The highest BCUT2D eigenvalue weighted by Gasteiger charge is 2.37. The summed E-state index contributed by atoms with van der Waals surface area (Å²) in [5, 5.41) is 39.0. The molecule has 2 aromatic carbocycles. The third-order valence-corrected chi connectivity index (χ3v) is 13.1. The van der Waals surface area contributed by atoms with Gasteiger partial charge in [-0.3, -0.25) is 38.4 Å². The van der Waals surface area contributed by atoms with Gasteiger partial charge in [0, 0.05) is 47.6 Å². The molecule has 0 aliphatic carbocycles. The van der Waals surface area contributed by atoms with E-state index in [2.05, 4.69) is 64.8 Å². The Balaban J connectivity index is 1.50. The monoisotopic (exact) mass is 1050 g/mol. The maximum Gasteiger partial charge on any atom is 0.326 e. The van der Waals surface area contributed by atoms with Crippen molar-refractivity contribution in [3.05, 3.63) is 90.1 Å². The lowest BCUT2D eigenvalue weighted by Crippen LogP contribution is -2.62. The SMILES string of the molecule is CC[C@H](C)[C@H](NC(=O)[C@H](CC(=O)O)NC(=O)[C@H](CC(C)C)NC(=O)[C@H](Cc1cnc[nH]1)NC(=O)[C@H](CS)NC(=O)[C@@H](N)Cc1ccccc1)C(=O)N[C@H](C(=O)N[C@@H](Cc1c[nH]c2ccccc12)C(=O)O)[C@@H](C)CC. The van der Waals surface area contributed by atoms with E-state index in [1.54, 1.807) is 78.1 Å². The summed E-state index contributed by atoms with van der Waals surface area (Å²) in [6.07, 6.45) is 4.17. The van der Waals surface area contributed by atoms with E-state index >= 15 is 0 Å². The van der Waals surface area contributed by atoms with Crippen LogP contribution in [0, 0.1) is 17.8 Å². The highest BCUT2D eigenvalue weighted by atomic mass is 32.1. The van der Waals surface area contributed by atoms with Gasteiger partial charge in [0.2, 0.25) is 41.4 Å². The van der Waals surface area contributed by atoms with Crippen LogP contribution in [-0.2, 0) is 62.4 Å². The number of fused-ring (bicyclic) bond motifs is 1. The van der Waals surface area contributed by atoms with Gasteiger partial charge in [0.05, 0.1) is 18.8 Å². The van der Waals surface area contributed by atoms with Crippen molar-refractivity contribution in [2.45, 2.75) is 135 Å². The van der Waals surface area contributed by atoms with Crippen LogP contribution in [0.15, 0.2) is 73.3 Å². The Morgan fingerprint density at radius 3 is 1.72 bits per heavy atom. The fourth-order valence-corrected chi connectivity index (χ4v) is 8.30. The van der Waals surface area contributed by atoms with Crippen molar-refractivity contribution in [3.63, 3.8) is 0 Å². The molecule has 2 heterocycles. The summed E-state index contributed by atoms with van der Waals surface area (Å²) in [4.78, 5) is 132. The first-order valence-corrected chi connectivity index (χ1v) is 25.3. The second kappa shape index (κ2) is 28.8. The maximum absolute atomic E-state index is 14.2. The third kappa shape index (κ3) is 17.7.